The van der Waals surface area contributed by atoms with Crippen LogP contribution in [0.25, 0.3) is 0 Å². The number of aromatic nitrogens is 1. The number of nitrogens with one attached hydrogen (secondary N) is 1. The number of carboxylic acid groups (broad SMARTS) is 2. The van der Waals surface area contributed by atoms with Gasteiger partial charge in [0.2, 0.25) is 0 Å². The van der Waals surface area contributed by atoms with Crippen molar-refractivity contribution in [3.05, 3.63) is 27.7 Å². The lowest BCUT2D eigenvalue weighted by molar-refractivity contribution is -0.143. The van der Waals surface area contributed by atoms with Gasteiger partial charge in [0.15, 0.2) is 0 Å². The van der Waals surface area contributed by atoms with Crippen LogP contribution in [0.4, 0.5) is 0 Å². The van der Waals surface area contributed by atoms with Crippen LogP contribution in [0.15, 0.2) is 22.7 Å². The van der Waals surface area contributed by atoms with Gasteiger partial charge in [-0.15, -0.1) is 11.3 Å². The van der Waals surface area contributed by atoms with E-state index in [0.717, 1.165) is 0 Å². The lowest BCUT2D eigenvalue weighted by Gasteiger charge is -2.29. The second-order valence-electron chi connectivity index (χ2n) is 5.60. The molecule has 2 rings (SSSR count). The van der Waals surface area contributed by atoms with Gasteiger partial charge in [0.25, 0.3) is 0 Å². The average Bonchev–Trinajstić information content (AvgIpc) is 2.96. The summed E-state index contributed by atoms with van der Waals surface area (Å²) in [4.78, 5) is 27.6. The smallest absolute Gasteiger partial charge is 0.333 e. The van der Waals surface area contributed by atoms with Gasteiger partial charge in [-0.3, -0.25) is 5.32 Å². The van der Waals surface area contributed by atoms with Crippen molar-refractivity contribution in [2.24, 2.45) is 5.92 Å². The number of rotatable bonds is 5. The summed E-state index contributed by atoms with van der Waals surface area (Å²) < 4.78 is 0. The zero-order valence-corrected chi connectivity index (χ0v) is 12.9. The summed E-state index contributed by atoms with van der Waals surface area (Å²) in [6.45, 7) is 5.41. The third-order valence-electron chi connectivity index (χ3n) is 3.73. The molecule has 0 fully saturated rings. The Labute approximate surface area is 126 Å². The molecule has 2 atom stereocenters. The molecule has 1 aliphatic rings. The SMILES string of the molecule is CC1=C(C(=O)O)[C@H](c2nccs2)N[C@]1(CC(C)C)C(=O)O. The summed E-state index contributed by atoms with van der Waals surface area (Å²) in [7, 11) is 0. The van der Waals surface area contributed by atoms with Gasteiger partial charge < -0.3 is 10.2 Å². The molecule has 1 aromatic rings. The molecule has 21 heavy (non-hydrogen) atoms. The normalized spacial score (nSPS) is 25.6. The van der Waals surface area contributed by atoms with Gasteiger partial charge in [-0.05, 0) is 24.8 Å². The Morgan fingerprint density at radius 1 is 1.48 bits per heavy atom. The number of aliphatic carboxylic acids is 2. The van der Waals surface area contributed by atoms with E-state index in [4.69, 9.17) is 0 Å². The zero-order chi connectivity index (χ0) is 15.8. The first-order valence-corrected chi connectivity index (χ1v) is 7.52. The molecule has 7 heteroatoms. The van der Waals surface area contributed by atoms with Gasteiger partial charge in [-0.25, -0.2) is 14.6 Å². The van der Waals surface area contributed by atoms with E-state index >= 15 is 0 Å². The molecule has 0 aliphatic carbocycles. The minimum Gasteiger partial charge on any atom is -0.480 e. The van der Waals surface area contributed by atoms with Gasteiger partial charge >= 0.3 is 11.9 Å². The second-order valence-corrected chi connectivity index (χ2v) is 6.53. The molecular weight excluding hydrogens is 292 g/mol. The molecule has 0 saturated heterocycles. The molecule has 2 heterocycles. The molecule has 0 spiro atoms. The molecule has 1 aliphatic heterocycles. The molecule has 0 aromatic carbocycles. The third-order valence-corrected chi connectivity index (χ3v) is 4.57. The first-order valence-electron chi connectivity index (χ1n) is 6.64. The fourth-order valence-corrected chi connectivity index (χ4v) is 3.55. The van der Waals surface area contributed by atoms with Crippen molar-refractivity contribution in [2.75, 3.05) is 0 Å². The van der Waals surface area contributed by atoms with Gasteiger partial charge in [-0.2, -0.15) is 0 Å². The van der Waals surface area contributed by atoms with Gasteiger partial charge in [0.1, 0.15) is 10.5 Å². The monoisotopic (exact) mass is 310 g/mol. The number of thiazole rings is 1. The van der Waals surface area contributed by atoms with E-state index in [-0.39, 0.29) is 11.5 Å². The molecule has 6 nitrogen and oxygen atoms in total. The largest absolute Gasteiger partial charge is 0.480 e. The summed E-state index contributed by atoms with van der Waals surface area (Å²) in [6, 6.07) is -0.683. The Balaban J connectivity index is 2.56. The summed E-state index contributed by atoms with van der Waals surface area (Å²) in [5, 5.41) is 24.5. The van der Waals surface area contributed by atoms with Gasteiger partial charge in [0.05, 0.1) is 11.6 Å². The predicted molar refractivity (Wildman–Crippen MR) is 78.1 cm³/mol. The molecule has 1 aromatic heterocycles. The standard InChI is InChI=1S/C14H18N2O4S/c1-7(2)6-14(13(19)20)8(3)9(12(17)18)10(16-14)11-15-4-5-21-11/h4-5,7,10,16H,6H2,1-3H3,(H,17,18)(H,19,20)/t10-,14+/m1/s1. The summed E-state index contributed by atoms with van der Waals surface area (Å²) in [5.41, 5.74) is -0.900. The number of hydrogen-bond acceptors (Lipinski definition) is 5. The van der Waals surface area contributed by atoms with Crippen molar-refractivity contribution < 1.29 is 19.8 Å². The molecular formula is C14H18N2O4S. The van der Waals surface area contributed by atoms with Crippen LogP contribution in [0.5, 0.6) is 0 Å². The van der Waals surface area contributed by atoms with Crippen LogP contribution < -0.4 is 5.32 Å². The third kappa shape index (κ3) is 2.58. The highest BCUT2D eigenvalue weighted by atomic mass is 32.1. The predicted octanol–water partition coefficient (Wildman–Crippen LogP) is 2.06. The van der Waals surface area contributed by atoms with E-state index in [0.29, 0.717) is 17.0 Å². The maximum atomic E-state index is 11.8. The minimum atomic E-state index is -1.35. The van der Waals surface area contributed by atoms with Crippen molar-refractivity contribution >= 4 is 23.3 Å². The van der Waals surface area contributed by atoms with Crippen LogP contribution in [-0.2, 0) is 9.59 Å². The highest BCUT2D eigenvalue weighted by Crippen LogP contribution is 2.42. The number of carbonyl (C=O) groups is 2. The van der Waals surface area contributed by atoms with Crippen molar-refractivity contribution in [1.29, 1.82) is 0 Å². The topological polar surface area (TPSA) is 99.5 Å². The lowest BCUT2D eigenvalue weighted by atomic mass is 9.83. The molecule has 0 bridgehead atoms. The van der Waals surface area contributed by atoms with Crippen LogP contribution in [0.2, 0.25) is 0 Å². The van der Waals surface area contributed by atoms with Gasteiger partial charge in [-0.1, -0.05) is 13.8 Å². The second kappa shape index (κ2) is 5.57. The zero-order valence-electron chi connectivity index (χ0n) is 12.1. The van der Waals surface area contributed by atoms with Crippen LogP contribution in [-0.4, -0.2) is 32.7 Å². The number of hydrogen-bond donors (Lipinski definition) is 3. The van der Waals surface area contributed by atoms with Crippen molar-refractivity contribution in [2.45, 2.75) is 38.8 Å². The summed E-state index contributed by atoms with van der Waals surface area (Å²) in [6.07, 6.45) is 1.91. The van der Waals surface area contributed by atoms with Crippen LogP contribution in [0, 0.1) is 5.92 Å². The van der Waals surface area contributed by atoms with E-state index < -0.39 is 23.5 Å². The molecule has 114 valence electrons. The average molecular weight is 310 g/mol. The fraction of sp³-hybridized carbons (Fsp3) is 0.500. The molecule has 3 N–H and O–H groups in total. The Morgan fingerprint density at radius 2 is 2.14 bits per heavy atom. The van der Waals surface area contributed by atoms with E-state index in [9.17, 15) is 19.8 Å². The molecule has 0 radical (unpaired) electrons. The van der Waals surface area contributed by atoms with Crippen LogP contribution in [0.3, 0.4) is 0 Å². The number of nitrogens with zero attached hydrogens (tertiary/aromatic N) is 1. The molecule has 0 saturated carbocycles. The highest BCUT2D eigenvalue weighted by molar-refractivity contribution is 7.09. The molecule has 0 unspecified atom stereocenters. The van der Waals surface area contributed by atoms with Crippen molar-refractivity contribution in [1.82, 2.24) is 10.3 Å². The Hall–Kier alpha value is -1.73. The van der Waals surface area contributed by atoms with Crippen molar-refractivity contribution in [3.63, 3.8) is 0 Å². The lowest BCUT2D eigenvalue weighted by Crippen LogP contribution is -2.51. The summed E-state index contributed by atoms with van der Waals surface area (Å²) >= 11 is 1.31. The van der Waals surface area contributed by atoms with E-state index in [1.54, 1.807) is 18.5 Å². The maximum Gasteiger partial charge on any atom is 0.333 e. The first-order chi connectivity index (χ1) is 9.79. The first kappa shape index (κ1) is 15.7. The van der Waals surface area contributed by atoms with Gasteiger partial charge in [0, 0.05) is 11.6 Å². The highest BCUT2D eigenvalue weighted by Gasteiger charge is 2.52. The minimum absolute atomic E-state index is 0.0907. The Bertz CT molecular complexity index is 594. The Morgan fingerprint density at radius 3 is 2.57 bits per heavy atom. The van der Waals surface area contributed by atoms with E-state index in [2.05, 4.69) is 10.3 Å². The fourth-order valence-electron chi connectivity index (χ4n) is 2.85. The number of carboxylic acids is 2. The van der Waals surface area contributed by atoms with E-state index in [1.165, 1.54) is 11.3 Å². The summed E-state index contributed by atoms with van der Waals surface area (Å²) in [5.74, 6) is -2.05. The Kier molecular flexibility index (Phi) is 4.15. The quantitative estimate of drug-likeness (QED) is 0.770. The van der Waals surface area contributed by atoms with Crippen LogP contribution in [0.1, 0.15) is 38.2 Å². The molecule has 0 amide bonds. The maximum absolute atomic E-state index is 11.8. The van der Waals surface area contributed by atoms with E-state index in [1.807, 2.05) is 13.8 Å². The van der Waals surface area contributed by atoms with Crippen molar-refractivity contribution in [3.8, 4) is 0 Å². The van der Waals surface area contributed by atoms with Crippen LogP contribution >= 0.6 is 11.3 Å².